The molecular weight excluding hydrogens is 226 g/mol. The number of rotatable bonds is 2. The fourth-order valence-corrected chi connectivity index (χ4v) is 2.71. The number of para-hydroxylation sites is 2. The summed E-state index contributed by atoms with van der Waals surface area (Å²) in [5.74, 6) is 0.926. The third-order valence-corrected chi connectivity index (χ3v) is 3.84. The number of hydrogen-bond donors (Lipinski definition) is 2. The number of nitrogens with one attached hydrogen (secondary N) is 1. The second-order valence-electron chi connectivity index (χ2n) is 5.57. The first-order chi connectivity index (χ1) is 8.70. The molecule has 0 aliphatic carbocycles. The van der Waals surface area contributed by atoms with Gasteiger partial charge in [-0.1, -0.05) is 19.1 Å². The van der Waals surface area contributed by atoms with Gasteiger partial charge in [0.25, 0.3) is 0 Å². The van der Waals surface area contributed by atoms with Gasteiger partial charge in [-0.3, -0.25) is 0 Å². The van der Waals surface area contributed by atoms with Crippen LogP contribution in [-0.4, -0.2) is 34.8 Å². The highest BCUT2D eigenvalue weighted by atomic mass is 16.3. The molecule has 0 saturated carbocycles. The molecule has 2 aromatic rings. The average Bonchev–Trinajstić information content (AvgIpc) is 2.83. The molecule has 0 amide bonds. The van der Waals surface area contributed by atoms with Crippen molar-refractivity contribution in [3.63, 3.8) is 0 Å². The SMILES string of the molecule is CC1(CO)CCCN(c2nc3ccccc3[nH]2)C1. The molecule has 4 heteroatoms. The maximum Gasteiger partial charge on any atom is 0.203 e. The Morgan fingerprint density at radius 3 is 3.06 bits per heavy atom. The molecule has 0 bridgehead atoms. The number of piperidine rings is 1. The Labute approximate surface area is 107 Å². The molecule has 0 spiro atoms. The molecule has 1 saturated heterocycles. The summed E-state index contributed by atoms with van der Waals surface area (Å²) in [5.41, 5.74) is 2.07. The van der Waals surface area contributed by atoms with Crippen LogP contribution in [0, 0.1) is 5.41 Å². The minimum Gasteiger partial charge on any atom is -0.396 e. The van der Waals surface area contributed by atoms with E-state index in [-0.39, 0.29) is 12.0 Å². The third-order valence-electron chi connectivity index (χ3n) is 3.84. The van der Waals surface area contributed by atoms with Crippen molar-refractivity contribution in [1.82, 2.24) is 9.97 Å². The molecule has 1 aromatic carbocycles. The van der Waals surface area contributed by atoms with Gasteiger partial charge < -0.3 is 15.0 Å². The summed E-state index contributed by atoms with van der Waals surface area (Å²) in [6.45, 7) is 4.25. The molecule has 3 rings (SSSR count). The van der Waals surface area contributed by atoms with Crippen LogP contribution in [0.25, 0.3) is 11.0 Å². The quantitative estimate of drug-likeness (QED) is 0.852. The summed E-state index contributed by atoms with van der Waals surface area (Å²) in [6, 6.07) is 8.07. The highest BCUT2D eigenvalue weighted by Gasteiger charge is 2.31. The van der Waals surface area contributed by atoms with Gasteiger partial charge in [0.15, 0.2) is 0 Å². The van der Waals surface area contributed by atoms with Gasteiger partial charge in [-0.05, 0) is 25.0 Å². The molecule has 4 nitrogen and oxygen atoms in total. The van der Waals surface area contributed by atoms with Crippen molar-refractivity contribution in [1.29, 1.82) is 0 Å². The van der Waals surface area contributed by atoms with Crippen LogP contribution < -0.4 is 4.90 Å². The monoisotopic (exact) mass is 245 g/mol. The second-order valence-corrected chi connectivity index (χ2v) is 5.57. The zero-order valence-corrected chi connectivity index (χ0v) is 10.7. The van der Waals surface area contributed by atoms with Crippen LogP contribution in [0.15, 0.2) is 24.3 Å². The molecule has 0 radical (unpaired) electrons. The minimum atomic E-state index is -0.00275. The molecular formula is C14H19N3O. The van der Waals surface area contributed by atoms with Gasteiger partial charge in [-0.2, -0.15) is 0 Å². The number of imidazole rings is 1. The van der Waals surface area contributed by atoms with E-state index in [0.717, 1.165) is 42.9 Å². The standard InChI is InChI=1S/C14H19N3O/c1-14(10-18)7-4-8-17(9-14)13-15-11-5-2-3-6-12(11)16-13/h2-3,5-6,18H,4,7-10H2,1H3,(H,15,16). The lowest BCUT2D eigenvalue weighted by molar-refractivity contribution is 0.123. The third kappa shape index (κ3) is 1.97. The smallest absolute Gasteiger partial charge is 0.203 e. The molecule has 1 fully saturated rings. The predicted octanol–water partition coefficient (Wildman–Crippen LogP) is 2.16. The topological polar surface area (TPSA) is 52.1 Å². The number of H-pyrrole nitrogens is 1. The number of fused-ring (bicyclic) bond motifs is 1. The summed E-state index contributed by atoms with van der Waals surface area (Å²) in [7, 11) is 0. The van der Waals surface area contributed by atoms with Crippen molar-refractivity contribution < 1.29 is 5.11 Å². The largest absolute Gasteiger partial charge is 0.396 e. The Balaban J connectivity index is 1.89. The van der Waals surface area contributed by atoms with E-state index in [9.17, 15) is 5.11 Å². The first kappa shape index (κ1) is 11.5. The maximum absolute atomic E-state index is 9.50. The first-order valence-corrected chi connectivity index (χ1v) is 6.51. The van der Waals surface area contributed by atoms with Crippen LogP contribution in [0.5, 0.6) is 0 Å². The fraction of sp³-hybridized carbons (Fsp3) is 0.500. The van der Waals surface area contributed by atoms with E-state index in [1.807, 2.05) is 24.3 Å². The van der Waals surface area contributed by atoms with Crippen LogP contribution in [0.2, 0.25) is 0 Å². The van der Waals surface area contributed by atoms with E-state index < -0.39 is 0 Å². The van der Waals surface area contributed by atoms with Crippen LogP contribution in [0.4, 0.5) is 5.95 Å². The lowest BCUT2D eigenvalue weighted by Gasteiger charge is -2.39. The highest BCUT2D eigenvalue weighted by Crippen LogP contribution is 2.31. The van der Waals surface area contributed by atoms with Crippen molar-refractivity contribution in [3.05, 3.63) is 24.3 Å². The van der Waals surface area contributed by atoms with Gasteiger partial charge in [0, 0.05) is 18.5 Å². The van der Waals surface area contributed by atoms with Crippen molar-refractivity contribution >= 4 is 17.0 Å². The first-order valence-electron chi connectivity index (χ1n) is 6.51. The average molecular weight is 245 g/mol. The number of aromatic nitrogens is 2. The van der Waals surface area contributed by atoms with Gasteiger partial charge in [-0.25, -0.2) is 4.98 Å². The Hall–Kier alpha value is -1.55. The normalized spacial score (nSPS) is 24.7. The van der Waals surface area contributed by atoms with E-state index in [1.54, 1.807) is 0 Å². The minimum absolute atomic E-state index is 0.00275. The Morgan fingerprint density at radius 1 is 1.44 bits per heavy atom. The number of aliphatic hydroxyl groups is 1. The van der Waals surface area contributed by atoms with E-state index in [0.29, 0.717) is 0 Å². The van der Waals surface area contributed by atoms with Crippen LogP contribution in [-0.2, 0) is 0 Å². The second kappa shape index (κ2) is 4.28. The van der Waals surface area contributed by atoms with Crippen LogP contribution in [0.3, 0.4) is 0 Å². The van der Waals surface area contributed by atoms with Gasteiger partial charge in [0.05, 0.1) is 17.6 Å². The number of aliphatic hydroxyl groups excluding tert-OH is 1. The molecule has 18 heavy (non-hydrogen) atoms. The lowest BCUT2D eigenvalue weighted by Crippen LogP contribution is -2.44. The van der Waals surface area contributed by atoms with Gasteiger partial charge in [0.1, 0.15) is 0 Å². The van der Waals surface area contributed by atoms with E-state index in [1.165, 1.54) is 0 Å². The van der Waals surface area contributed by atoms with Gasteiger partial charge in [0.2, 0.25) is 5.95 Å². The van der Waals surface area contributed by atoms with Crippen molar-refractivity contribution in [2.45, 2.75) is 19.8 Å². The van der Waals surface area contributed by atoms with E-state index in [2.05, 4.69) is 21.8 Å². The summed E-state index contributed by atoms with van der Waals surface area (Å²) in [6.07, 6.45) is 2.19. The van der Waals surface area contributed by atoms with E-state index in [4.69, 9.17) is 0 Å². The number of anilines is 1. The lowest BCUT2D eigenvalue weighted by atomic mass is 9.83. The van der Waals surface area contributed by atoms with E-state index >= 15 is 0 Å². The Bertz CT molecular complexity index is 518. The number of hydrogen-bond acceptors (Lipinski definition) is 3. The Morgan fingerprint density at radius 2 is 2.28 bits per heavy atom. The fourth-order valence-electron chi connectivity index (χ4n) is 2.71. The zero-order chi connectivity index (χ0) is 12.6. The van der Waals surface area contributed by atoms with Crippen molar-refractivity contribution in [2.24, 2.45) is 5.41 Å². The summed E-state index contributed by atoms with van der Waals surface area (Å²) in [4.78, 5) is 10.2. The zero-order valence-electron chi connectivity index (χ0n) is 10.7. The number of aromatic amines is 1. The number of benzene rings is 1. The van der Waals surface area contributed by atoms with Crippen LogP contribution >= 0.6 is 0 Å². The summed E-state index contributed by atoms with van der Waals surface area (Å²) < 4.78 is 0. The van der Waals surface area contributed by atoms with Crippen molar-refractivity contribution in [3.8, 4) is 0 Å². The summed E-state index contributed by atoms with van der Waals surface area (Å²) >= 11 is 0. The molecule has 1 unspecified atom stereocenters. The van der Waals surface area contributed by atoms with Gasteiger partial charge >= 0.3 is 0 Å². The molecule has 96 valence electrons. The van der Waals surface area contributed by atoms with Crippen molar-refractivity contribution in [2.75, 3.05) is 24.6 Å². The summed E-state index contributed by atoms with van der Waals surface area (Å²) in [5, 5.41) is 9.50. The Kier molecular flexibility index (Phi) is 2.74. The molecule has 2 N–H and O–H groups in total. The predicted molar refractivity (Wildman–Crippen MR) is 72.7 cm³/mol. The molecule has 1 atom stereocenters. The molecule has 1 aliphatic heterocycles. The maximum atomic E-state index is 9.50. The molecule has 1 aromatic heterocycles. The van der Waals surface area contributed by atoms with Crippen LogP contribution in [0.1, 0.15) is 19.8 Å². The highest BCUT2D eigenvalue weighted by molar-refractivity contribution is 5.77. The van der Waals surface area contributed by atoms with Gasteiger partial charge in [-0.15, -0.1) is 0 Å². The molecule has 2 heterocycles. The number of nitrogens with zero attached hydrogens (tertiary/aromatic N) is 2. The molecule has 1 aliphatic rings.